The molecule has 5 aliphatic rings. The fourth-order valence-electron chi connectivity index (χ4n) is 7.22. The minimum atomic E-state index is -0.991. The van der Waals surface area contributed by atoms with Crippen molar-refractivity contribution in [2.75, 3.05) is 20.1 Å². The van der Waals surface area contributed by atoms with Crippen molar-refractivity contribution in [2.24, 2.45) is 5.92 Å². The van der Waals surface area contributed by atoms with Crippen LogP contribution in [0, 0.1) is 13.3 Å². The summed E-state index contributed by atoms with van der Waals surface area (Å²) in [6.45, 7) is 1.65. The Balaban J connectivity index is 0.00000181. The zero-order valence-corrected chi connectivity index (χ0v) is 17.3. The van der Waals surface area contributed by atoms with Crippen molar-refractivity contribution in [1.29, 1.82) is 0 Å². The van der Waals surface area contributed by atoms with Gasteiger partial charge in [-0.1, -0.05) is 0 Å². The number of aliphatic hydroxyl groups is 2. The van der Waals surface area contributed by atoms with Gasteiger partial charge in [-0.25, -0.2) is 0 Å². The number of aliphatic hydroxyl groups excluding tert-OH is 1. The lowest BCUT2D eigenvalue weighted by atomic mass is 9.48. The molecule has 5 atom stereocenters. The summed E-state index contributed by atoms with van der Waals surface area (Å²) in [7, 11) is 2.27. The molecule has 1 aromatic carbocycles. The largest absolute Gasteiger partial charge is 0.507 e. The minimum Gasteiger partial charge on any atom is -0.507 e. The van der Waals surface area contributed by atoms with E-state index in [1.54, 1.807) is 6.07 Å². The van der Waals surface area contributed by atoms with Crippen LogP contribution in [-0.4, -0.2) is 63.5 Å². The van der Waals surface area contributed by atoms with E-state index in [0.29, 0.717) is 37.0 Å². The van der Waals surface area contributed by atoms with Crippen LogP contribution < -0.4 is 4.74 Å². The van der Waals surface area contributed by atoms with Crippen molar-refractivity contribution in [1.82, 2.24) is 0 Å². The van der Waals surface area contributed by atoms with Crippen LogP contribution in [0.3, 0.4) is 0 Å². The van der Waals surface area contributed by atoms with Crippen LogP contribution >= 0.6 is 0 Å². The first kappa shape index (κ1) is 19.3. The summed E-state index contributed by atoms with van der Waals surface area (Å²) in [5, 5.41) is 32.6. The number of phenols is 1. The van der Waals surface area contributed by atoms with Gasteiger partial charge in [0.05, 0.1) is 37.7 Å². The maximum Gasteiger partial charge on any atom is 0.174 e. The van der Waals surface area contributed by atoms with E-state index < -0.39 is 17.1 Å². The molecule has 2 aliphatic heterocycles. The smallest absolute Gasteiger partial charge is 0.174 e. The average molecular weight is 402 g/mol. The second-order valence-corrected chi connectivity index (χ2v) is 10.1. The number of ketones is 1. The van der Waals surface area contributed by atoms with E-state index in [9.17, 15) is 20.1 Å². The Hall–Kier alpha value is -1.63. The number of aromatic hydroxyl groups is 1. The Morgan fingerprint density at radius 2 is 2.07 bits per heavy atom. The summed E-state index contributed by atoms with van der Waals surface area (Å²) in [4.78, 5) is 12.9. The lowest BCUT2D eigenvalue weighted by Gasteiger charge is -2.64. The molecule has 2 heterocycles. The zero-order valence-electron chi connectivity index (χ0n) is 17.3. The molecular formula is C23H31NO5. The molecule has 29 heavy (non-hydrogen) atoms. The molecule has 0 unspecified atom stereocenters. The quantitative estimate of drug-likeness (QED) is 0.529. The first-order chi connectivity index (χ1) is 13.3. The number of rotatable bonds is 3. The molecule has 158 valence electrons. The van der Waals surface area contributed by atoms with Crippen LogP contribution in [0.1, 0.15) is 48.8 Å². The Morgan fingerprint density at radius 1 is 1.31 bits per heavy atom. The average Bonchev–Trinajstić information content (AvgIpc) is 3.38. The van der Waals surface area contributed by atoms with Gasteiger partial charge in [0.1, 0.15) is 23.1 Å². The molecule has 0 radical (unpaired) electrons. The molecule has 1 spiro atoms. The van der Waals surface area contributed by atoms with Crippen molar-refractivity contribution < 1.29 is 29.3 Å². The summed E-state index contributed by atoms with van der Waals surface area (Å²) in [6, 6.07) is 1.75. The number of benzene rings is 1. The highest BCUT2D eigenvalue weighted by atomic mass is 16.5. The van der Waals surface area contributed by atoms with Crippen LogP contribution in [0.4, 0.5) is 0 Å². The second kappa shape index (κ2) is 5.74. The SMILES string of the molecule is C[N@+]1(CC2CC2)CC[C@]23c4c5cc(O)c(CO)c4O[C@H]2C(=O)CC[C@@]3(O)[C@H]1C5.[CH3-]. The third-order valence-electron chi connectivity index (χ3n) is 8.65. The third kappa shape index (κ3) is 2.10. The van der Waals surface area contributed by atoms with Gasteiger partial charge in [0.25, 0.3) is 0 Å². The topological polar surface area (TPSA) is 87.0 Å². The van der Waals surface area contributed by atoms with Crippen LogP contribution in [0.5, 0.6) is 11.5 Å². The number of hydrogen-bond donors (Lipinski definition) is 3. The first-order valence-corrected chi connectivity index (χ1v) is 10.6. The van der Waals surface area contributed by atoms with Gasteiger partial charge in [-0.05, 0) is 30.9 Å². The highest BCUT2D eigenvalue weighted by molar-refractivity contribution is 5.90. The van der Waals surface area contributed by atoms with Crippen molar-refractivity contribution in [3.63, 3.8) is 0 Å². The fraction of sp³-hybridized carbons (Fsp3) is 0.652. The number of carbonyl (C=O) groups is 1. The third-order valence-corrected chi connectivity index (χ3v) is 8.65. The standard InChI is InChI=1S/C22H27NO5.CH3/c1-23(10-12-2-3-12)7-6-21-18-13-8-16(26)14(11-24)19(18)28-20(21)15(25)4-5-22(21,27)17(23)9-13;/h8,12,17,20,24,27H,2-7,9-11H2,1H3;1H3/q;-1/p+1/t17-,20+,21+,22-,23-;/m1./s1. The number of hydrogen-bond acceptors (Lipinski definition) is 5. The monoisotopic (exact) mass is 401 g/mol. The maximum atomic E-state index is 12.9. The molecule has 3 N–H and O–H groups in total. The van der Waals surface area contributed by atoms with Gasteiger partial charge in [0.2, 0.25) is 0 Å². The molecule has 0 amide bonds. The van der Waals surface area contributed by atoms with E-state index in [-0.39, 0.29) is 31.6 Å². The molecule has 6 heteroatoms. The van der Waals surface area contributed by atoms with E-state index >= 15 is 0 Å². The van der Waals surface area contributed by atoms with Crippen LogP contribution in [0.25, 0.3) is 0 Å². The molecule has 6 rings (SSSR count). The number of quaternary nitrogens is 1. The van der Waals surface area contributed by atoms with Gasteiger partial charge < -0.3 is 32.0 Å². The van der Waals surface area contributed by atoms with Crippen LogP contribution in [0.2, 0.25) is 0 Å². The summed E-state index contributed by atoms with van der Waals surface area (Å²) in [6.07, 6.45) is 4.02. The molecule has 3 aliphatic carbocycles. The van der Waals surface area contributed by atoms with E-state index in [1.807, 2.05) is 0 Å². The molecule has 2 bridgehead atoms. The van der Waals surface area contributed by atoms with Gasteiger partial charge in [0, 0.05) is 30.7 Å². The number of Topliss-reactive ketones (excluding diaryl/α,β-unsaturated/α-hetero) is 1. The summed E-state index contributed by atoms with van der Waals surface area (Å²) >= 11 is 0. The fourth-order valence-corrected chi connectivity index (χ4v) is 7.22. The molecule has 2 saturated carbocycles. The summed E-state index contributed by atoms with van der Waals surface area (Å²) in [5.74, 6) is 1.26. The zero-order chi connectivity index (χ0) is 19.5. The highest BCUT2D eigenvalue weighted by Gasteiger charge is 2.76. The lowest BCUT2D eigenvalue weighted by Crippen LogP contribution is -2.80. The maximum absolute atomic E-state index is 12.9. The van der Waals surface area contributed by atoms with Crippen molar-refractivity contribution in [3.05, 3.63) is 30.2 Å². The Bertz CT molecular complexity index is 911. The first-order valence-electron chi connectivity index (χ1n) is 10.6. The molecule has 3 fully saturated rings. The molecule has 6 nitrogen and oxygen atoms in total. The Morgan fingerprint density at radius 3 is 2.76 bits per heavy atom. The normalized spacial score (nSPS) is 41.4. The van der Waals surface area contributed by atoms with E-state index in [4.69, 9.17) is 4.74 Å². The van der Waals surface area contributed by atoms with Gasteiger partial charge in [-0.3, -0.25) is 4.79 Å². The second-order valence-electron chi connectivity index (χ2n) is 10.1. The van der Waals surface area contributed by atoms with Gasteiger partial charge >= 0.3 is 0 Å². The van der Waals surface area contributed by atoms with Crippen molar-refractivity contribution in [2.45, 2.75) is 68.3 Å². The van der Waals surface area contributed by atoms with Gasteiger partial charge in [-0.2, -0.15) is 0 Å². The highest BCUT2D eigenvalue weighted by Crippen LogP contribution is 2.65. The number of ether oxygens (including phenoxy) is 1. The van der Waals surface area contributed by atoms with Crippen LogP contribution in [0.15, 0.2) is 6.07 Å². The minimum absolute atomic E-state index is 0. The van der Waals surface area contributed by atoms with E-state index in [0.717, 1.165) is 34.6 Å². The molecule has 0 aromatic heterocycles. The number of carbonyl (C=O) groups excluding carboxylic acids is 1. The van der Waals surface area contributed by atoms with Crippen LogP contribution in [-0.2, 0) is 23.2 Å². The predicted molar refractivity (Wildman–Crippen MR) is 106 cm³/mol. The lowest BCUT2D eigenvalue weighted by molar-refractivity contribution is -0.950. The molecule has 1 aromatic rings. The number of nitrogens with zero attached hydrogens (tertiary/aromatic N) is 1. The van der Waals surface area contributed by atoms with Gasteiger partial charge in [-0.15, -0.1) is 0 Å². The van der Waals surface area contributed by atoms with E-state index in [1.165, 1.54) is 12.8 Å². The summed E-state index contributed by atoms with van der Waals surface area (Å²) in [5.41, 5.74) is 0.488. The number of likely N-dealkylation sites (tertiary alicyclic amines) is 1. The van der Waals surface area contributed by atoms with Gasteiger partial charge in [0.15, 0.2) is 11.9 Å². The molecule has 1 saturated heterocycles. The van der Waals surface area contributed by atoms with Crippen molar-refractivity contribution >= 4 is 5.78 Å². The Kier molecular flexibility index (Phi) is 3.83. The van der Waals surface area contributed by atoms with E-state index in [2.05, 4.69) is 7.05 Å². The Labute approximate surface area is 171 Å². The van der Waals surface area contributed by atoms with Crippen molar-refractivity contribution in [3.8, 4) is 11.5 Å². The number of piperidine rings is 1. The summed E-state index contributed by atoms with van der Waals surface area (Å²) < 4.78 is 7.02. The molecular weight excluding hydrogens is 370 g/mol. The predicted octanol–water partition coefficient (Wildman–Crippen LogP) is 1.61. The number of likely N-dealkylation sites (N-methyl/N-ethyl adjacent to an activating group) is 1.